The van der Waals surface area contributed by atoms with Gasteiger partial charge in [-0.3, -0.25) is 0 Å². The van der Waals surface area contributed by atoms with Gasteiger partial charge in [0.15, 0.2) is 0 Å². The summed E-state index contributed by atoms with van der Waals surface area (Å²) in [6, 6.07) is 7.12. The lowest BCUT2D eigenvalue weighted by Gasteiger charge is -2.00. The van der Waals surface area contributed by atoms with E-state index in [1.807, 2.05) is 13.0 Å². The molecule has 0 radical (unpaired) electrons. The van der Waals surface area contributed by atoms with E-state index in [1.54, 1.807) is 22.9 Å². The van der Waals surface area contributed by atoms with E-state index in [1.165, 1.54) is 0 Å². The van der Waals surface area contributed by atoms with Gasteiger partial charge < -0.3 is 5.73 Å². The molecule has 0 fully saturated rings. The number of rotatable bonds is 2. The van der Waals surface area contributed by atoms with Crippen molar-refractivity contribution in [2.24, 2.45) is 0 Å². The average molecular weight is 256 g/mol. The predicted molar refractivity (Wildman–Crippen MR) is 67.8 cm³/mol. The van der Waals surface area contributed by atoms with Crippen LogP contribution in [-0.4, -0.2) is 9.78 Å². The Kier molecular flexibility index (Phi) is 3.08. The molecule has 1 heterocycles. The molecule has 0 bridgehead atoms. The van der Waals surface area contributed by atoms with Gasteiger partial charge in [0.2, 0.25) is 0 Å². The molecule has 0 spiro atoms. The SMILES string of the molecule is CCn1nc(-c2ccc(Cl)cc2Cl)cc1N. The lowest BCUT2D eigenvalue weighted by Crippen LogP contribution is -2.01. The van der Waals surface area contributed by atoms with Crippen LogP contribution in [0.4, 0.5) is 5.82 Å². The summed E-state index contributed by atoms with van der Waals surface area (Å²) in [6.07, 6.45) is 0. The Hall–Kier alpha value is -1.19. The summed E-state index contributed by atoms with van der Waals surface area (Å²) in [5.74, 6) is 0.628. The quantitative estimate of drug-likeness (QED) is 0.894. The molecule has 16 heavy (non-hydrogen) atoms. The Morgan fingerprint density at radius 1 is 1.31 bits per heavy atom. The number of nitrogens with zero attached hydrogens (tertiary/aromatic N) is 2. The molecule has 0 aliphatic heterocycles. The molecule has 1 aromatic heterocycles. The monoisotopic (exact) mass is 255 g/mol. The van der Waals surface area contributed by atoms with E-state index in [-0.39, 0.29) is 0 Å². The molecule has 5 heteroatoms. The highest BCUT2D eigenvalue weighted by Crippen LogP contribution is 2.30. The zero-order valence-electron chi connectivity index (χ0n) is 8.74. The van der Waals surface area contributed by atoms with Gasteiger partial charge in [-0.1, -0.05) is 23.2 Å². The first-order chi connectivity index (χ1) is 7.61. The van der Waals surface area contributed by atoms with Crippen molar-refractivity contribution < 1.29 is 0 Å². The Balaban J connectivity index is 2.50. The first-order valence-electron chi connectivity index (χ1n) is 4.90. The van der Waals surface area contributed by atoms with Gasteiger partial charge in [-0.2, -0.15) is 5.10 Å². The highest BCUT2D eigenvalue weighted by molar-refractivity contribution is 6.36. The van der Waals surface area contributed by atoms with E-state index < -0.39 is 0 Å². The maximum atomic E-state index is 6.09. The summed E-state index contributed by atoms with van der Waals surface area (Å²) in [5.41, 5.74) is 7.40. The lowest BCUT2D eigenvalue weighted by molar-refractivity contribution is 0.672. The lowest BCUT2D eigenvalue weighted by atomic mass is 10.1. The highest BCUT2D eigenvalue weighted by Gasteiger charge is 2.09. The molecule has 2 aromatic rings. The maximum absolute atomic E-state index is 6.09. The second-order valence-electron chi connectivity index (χ2n) is 3.39. The molecule has 0 saturated carbocycles. The van der Waals surface area contributed by atoms with Crippen molar-refractivity contribution in [3.05, 3.63) is 34.3 Å². The van der Waals surface area contributed by atoms with Crippen molar-refractivity contribution in [1.82, 2.24) is 9.78 Å². The van der Waals surface area contributed by atoms with Crippen molar-refractivity contribution in [1.29, 1.82) is 0 Å². The van der Waals surface area contributed by atoms with Gasteiger partial charge in [0.25, 0.3) is 0 Å². The van der Waals surface area contributed by atoms with E-state index >= 15 is 0 Å². The Morgan fingerprint density at radius 2 is 2.06 bits per heavy atom. The Bertz CT molecular complexity index is 520. The fourth-order valence-electron chi connectivity index (χ4n) is 1.51. The van der Waals surface area contributed by atoms with Crippen LogP contribution < -0.4 is 5.73 Å². The van der Waals surface area contributed by atoms with Crippen LogP contribution in [0.15, 0.2) is 24.3 Å². The molecule has 0 saturated heterocycles. The van der Waals surface area contributed by atoms with Crippen LogP contribution in [-0.2, 0) is 6.54 Å². The van der Waals surface area contributed by atoms with E-state index in [4.69, 9.17) is 28.9 Å². The predicted octanol–water partition coefficient (Wildman–Crippen LogP) is 3.46. The molecule has 2 N–H and O–H groups in total. The maximum Gasteiger partial charge on any atom is 0.122 e. The summed E-state index contributed by atoms with van der Waals surface area (Å²) < 4.78 is 1.72. The molecule has 0 amide bonds. The Morgan fingerprint density at radius 3 is 2.62 bits per heavy atom. The van der Waals surface area contributed by atoms with Gasteiger partial charge in [0.1, 0.15) is 5.82 Å². The van der Waals surface area contributed by atoms with Crippen LogP contribution in [0.3, 0.4) is 0 Å². The second kappa shape index (κ2) is 4.36. The zero-order valence-corrected chi connectivity index (χ0v) is 10.3. The number of aryl methyl sites for hydroxylation is 1. The molecule has 0 aliphatic carbocycles. The largest absolute Gasteiger partial charge is 0.384 e. The minimum Gasteiger partial charge on any atom is -0.384 e. The first-order valence-corrected chi connectivity index (χ1v) is 5.66. The van der Waals surface area contributed by atoms with E-state index in [9.17, 15) is 0 Å². The molecule has 3 nitrogen and oxygen atoms in total. The zero-order chi connectivity index (χ0) is 11.7. The third kappa shape index (κ3) is 2.01. The molecule has 84 valence electrons. The number of hydrogen-bond acceptors (Lipinski definition) is 2. The van der Waals surface area contributed by atoms with E-state index in [2.05, 4.69) is 5.10 Å². The van der Waals surface area contributed by atoms with E-state index in [0.29, 0.717) is 15.9 Å². The standard InChI is InChI=1S/C11H11Cl2N3/c1-2-16-11(14)6-10(15-16)8-4-3-7(12)5-9(8)13/h3-6H,2,14H2,1H3. The summed E-state index contributed by atoms with van der Waals surface area (Å²) in [7, 11) is 0. The molecule has 1 aromatic carbocycles. The van der Waals surface area contributed by atoms with Crippen molar-refractivity contribution >= 4 is 29.0 Å². The number of anilines is 1. The first kappa shape index (κ1) is 11.3. The number of nitrogens with two attached hydrogens (primary N) is 1. The fraction of sp³-hybridized carbons (Fsp3) is 0.182. The Labute approximate surface area is 104 Å². The topological polar surface area (TPSA) is 43.8 Å². The highest BCUT2D eigenvalue weighted by atomic mass is 35.5. The summed E-state index contributed by atoms with van der Waals surface area (Å²) in [6.45, 7) is 2.72. The average Bonchev–Trinajstić information content (AvgIpc) is 2.59. The summed E-state index contributed by atoms with van der Waals surface area (Å²) in [4.78, 5) is 0. The van der Waals surface area contributed by atoms with Crippen LogP contribution in [0.25, 0.3) is 11.3 Å². The van der Waals surface area contributed by atoms with E-state index in [0.717, 1.165) is 17.8 Å². The minimum atomic E-state index is 0.577. The van der Waals surface area contributed by atoms with Crippen LogP contribution in [0, 0.1) is 0 Å². The van der Waals surface area contributed by atoms with Gasteiger partial charge in [0, 0.05) is 23.2 Å². The number of nitrogen functional groups attached to an aromatic ring is 1. The van der Waals surface area contributed by atoms with Gasteiger partial charge in [-0.15, -0.1) is 0 Å². The molecule has 0 atom stereocenters. The smallest absolute Gasteiger partial charge is 0.122 e. The van der Waals surface area contributed by atoms with Gasteiger partial charge in [0.05, 0.1) is 10.7 Å². The van der Waals surface area contributed by atoms with Gasteiger partial charge in [-0.05, 0) is 25.1 Å². The van der Waals surface area contributed by atoms with Crippen LogP contribution in [0.2, 0.25) is 10.0 Å². The normalized spacial score (nSPS) is 10.7. The third-order valence-electron chi connectivity index (χ3n) is 2.32. The molecule has 0 aliphatic rings. The van der Waals surface area contributed by atoms with Crippen LogP contribution in [0.5, 0.6) is 0 Å². The number of halogens is 2. The van der Waals surface area contributed by atoms with Crippen molar-refractivity contribution in [2.75, 3.05) is 5.73 Å². The number of hydrogen-bond donors (Lipinski definition) is 1. The van der Waals surface area contributed by atoms with Gasteiger partial charge in [-0.25, -0.2) is 4.68 Å². The van der Waals surface area contributed by atoms with Crippen molar-refractivity contribution in [3.8, 4) is 11.3 Å². The van der Waals surface area contributed by atoms with Crippen molar-refractivity contribution in [2.45, 2.75) is 13.5 Å². The third-order valence-corrected chi connectivity index (χ3v) is 2.87. The van der Waals surface area contributed by atoms with Crippen LogP contribution >= 0.6 is 23.2 Å². The van der Waals surface area contributed by atoms with Crippen LogP contribution in [0.1, 0.15) is 6.92 Å². The molecular formula is C11H11Cl2N3. The molecule has 2 rings (SSSR count). The number of benzene rings is 1. The van der Waals surface area contributed by atoms with Gasteiger partial charge >= 0.3 is 0 Å². The fourth-order valence-corrected chi connectivity index (χ4v) is 2.02. The molecular weight excluding hydrogens is 245 g/mol. The van der Waals surface area contributed by atoms with Crippen molar-refractivity contribution in [3.63, 3.8) is 0 Å². The summed E-state index contributed by atoms with van der Waals surface area (Å²) in [5, 5.41) is 5.54. The summed E-state index contributed by atoms with van der Waals surface area (Å²) >= 11 is 11.9. The number of aromatic nitrogens is 2. The minimum absolute atomic E-state index is 0.577. The second-order valence-corrected chi connectivity index (χ2v) is 4.24. The molecule has 0 unspecified atom stereocenters.